The van der Waals surface area contributed by atoms with Crippen LogP contribution in [0.2, 0.25) is 0 Å². The molecule has 1 fully saturated rings. The summed E-state index contributed by atoms with van der Waals surface area (Å²) in [6, 6.07) is 15.8. The van der Waals surface area contributed by atoms with Gasteiger partial charge >= 0.3 is 0 Å². The topological polar surface area (TPSA) is 110 Å². The number of benzene rings is 2. The highest BCUT2D eigenvalue weighted by Gasteiger charge is 2.29. The van der Waals surface area contributed by atoms with E-state index in [9.17, 15) is 9.59 Å². The zero-order valence-corrected chi connectivity index (χ0v) is 20.3. The van der Waals surface area contributed by atoms with Gasteiger partial charge in [0.25, 0.3) is 5.89 Å². The van der Waals surface area contributed by atoms with Gasteiger partial charge in [0.15, 0.2) is 11.5 Å². The van der Waals surface area contributed by atoms with Crippen molar-refractivity contribution < 1.29 is 23.6 Å². The number of aromatic nitrogens is 2. The molecule has 2 amide bonds. The van der Waals surface area contributed by atoms with E-state index in [1.807, 2.05) is 17.0 Å². The molecule has 10 heteroatoms. The number of carbonyl (C=O) groups excluding carboxylic acids is 2. The van der Waals surface area contributed by atoms with Crippen molar-refractivity contribution in [1.82, 2.24) is 20.0 Å². The summed E-state index contributed by atoms with van der Waals surface area (Å²) in [6.45, 7) is 1.48. The Morgan fingerprint density at radius 2 is 1.81 bits per heavy atom. The first-order chi connectivity index (χ1) is 18.1. The molecule has 4 heterocycles. The average molecular weight is 502 g/mol. The van der Waals surface area contributed by atoms with Gasteiger partial charge in [-0.15, -0.1) is 0 Å². The molecule has 0 spiro atoms. The molecule has 3 aliphatic heterocycles. The Morgan fingerprint density at radius 1 is 1.00 bits per heavy atom. The summed E-state index contributed by atoms with van der Waals surface area (Å²) in [5.74, 6) is 2.19. The molecular formula is C27H27N5O5. The van der Waals surface area contributed by atoms with E-state index in [-0.39, 0.29) is 37.5 Å². The van der Waals surface area contributed by atoms with Gasteiger partial charge in [0.05, 0.1) is 0 Å². The van der Waals surface area contributed by atoms with E-state index in [1.165, 1.54) is 10.6 Å². The lowest BCUT2D eigenvalue weighted by molar-refractivity contribution is -0.141. The van der Waals surface area contributed by atoms with Crippen molar-refractivity contribution in [2.24, 2.45) is 11.0 Å². The van der Waals surface area contributed by atoms with E-state index >= 15 is 0 Å². The van der Waals surface area contributed by atoms with E-state index in [2.05, 4.69) is 39.5 Å². The second kappa shape index (κ2) is 10.0. The first kappa shape index (κ1) is 23.2. The molecule has 2 aromatic carbocycles. The van der Waals surface area contributed by atoms with Crippen molar-refractivity contribution >= 4 is 17.5 Å². The maximum atomic E-state index is 13.0. The highest BCUT2D eigenvalue weighted by atomic mass is 16.7. The van der Waals surface area contributed by atoms with Crippen LogP contribution < -0.4 is 9.47 Å². The van der Waals surface area contributed by atoms with Gasteiger partial charge in [-0.2, -0.15) is 10.1 Å². The minimum Gasteiger partial charge on any atom is -0.454 e. The molecule has 0 N–H and O–H groups in total. The summed E-state index contributed by atoms with van der Waals surface area (Å²) in [4.78, 5) is 31.8. The van der Waals surface area contributed by atoms with E-state index in [1.54, 1.807) is 12.1 Å². The lowest BCUT2D eigenvalue weighted by atomic mass is 9.90. The molecule has 3 aliphatic rings. The predicted octanol–water partition coefficient (Wildman–Crippen LogP) is 3.27. The number of amides is 2. The zero-order chi connectivity index (χ0) is 25.2. The summed E-state index contributed by atoms with van der Waals surface area (Å²) in [6.07, 6.45) is 3.53. The van der Waals surface area contributed by atoms with Crippen molar-refractivity contribution in [2.75, 3.05) is 26.4 Å². The summed E-state index contributed by atoms with van der Waals surface area (Å²) in [5, 5.41) is 9.71. The number of hydrogen-bond donors (Lipinski definition) is 0. The minimum absolute atomic E-state index is 0.0885. The molecule has 37 heavy (non-hydrogen) atoms. The van der Waals surface area contributed by atoms with E-state index < -0.39 is 0 Å². The van der Waals surface area contributed by atoms with Crippen LogP contribution in [0.5, 0.6) is 11.5 Å². The summed E-state index contributed by atoms with van der Waals surface area (Å²) in [7, 11) is 0. The first-order valence-electron chi connectivity index (χ1n) is 12.6. The molecule has 3 aromatic rings. The molecule has 0 aliphatic carbocycles. The number of piperidine rings is 1. The van der Waals surface area contributed by atoms with E-state index in [0.717, 1.165) is 24.8 Å². The number of likely N-dealkylation sites (tertiary alicyclic amines) is 1. The number of carbonyl (C=O) groups is 2. The average Bonchev–Trinajstić information content (AvgIpc) is 3.61. The Labute approximate surface area is 213 Å². The van der Waals surface area contributed by atoms with Crippen molar-refractivity contribution in [3.8, 4) is 22.9 Å². The lowest BCUT2D eigenvalue weighted by Gasteiger charge is -2.33. The third-order valence-electron chi connectivity index (χ3n) is 7.03. The van der Waals surface area contributed by atoms with Crippen molar-refractivity contribution in [2.45, 2.75) is 32.1 Å². The quantitative estimate of drug-likeness (QED) is 0.510. The maximum absolute atomic E-state index is 13.0. The second-order valence-electron chi connectivity index (χ2n) is 9.50. The number of hydrazone groups is 1. The molecule has 0 radical (unpaired) electrons. The van der Waals surface area contributed by atoms with Crippen LogP contribution in [0.1, 0.15) is 37.1 Å². The third-order valence-corrected chi connectivity index (χ3v) is 7.03. The van der Waals surface area contributed by atoms with E-state index in [0.29, 0.717) is 48.5 Å². The number of nitrogens with zero attached hydrogens (tertiary/aromatic N) is 5. The summed E-state index contributed by atoms with van der Waals surface area (Å²) < 4.78 is 16.2. The van der Waals surface area contributed by atoms with Gasteiger partial charge < -0.3 is 18.9 Å². The zero-order valence-electron chi connectivity index (χ0n) is 20.3. The molecule has 10 nitrogen and oxygen atoms in total. The molecule has 0 saturated carbocycles. The van der Waals surface area contributed by atoms with Crippen LogP contribution >= 0.6 is 0 Å². The molecule has 1 saturated heterocycles. The molecule has 190 valence electrons. The fourth-order valence-electron chi connectivity index (χ4n) is 4.93. The van der Waals surface area contributed by atoms with Crippen LogP contribution in [0.4, 0.5) is 0 Å². The predicted molar refractivity (Wildman–Crippen MR) is 133 cm³/mol. The molecular weight excluding hydrogens is 474 g/mol. The van der Waals surface area contributed by atoms with Gasteiger partial charge in [0.1, 0.15) is 12.3 Å². The molecule has 0 atom stereocenters. The fraction of sp³-hybridized carbons (Fsp3) is 0.370. The minimum atomic E-state index is -0.188. The Morgan fingerprint density at radius 3 is 2.65 bits per heavy atom. The highest BCUT2D eigenvalue weighted by molar-refractivity contribution is 6.01. The van der Waals surface area contributed by atoms with Crippen LogP contribution in [0.15, 0.2) is 58.2 Å². The van der Waals surface area contributed by atoms with Crippen molar-refractivity contribution in [3.05, 3.63) is 60.0 Å². The maximum Gasteiger partial charge on any atom is 0.274 e. The van der Waals surface area contributed by atoms with Gasteiger partial charge in [-0.1, -0.05) is 35.5 Å². The van der Waals surface area contributed by atoms with Crippen molar-refractivity contribution in [1.29, 1.82) is 0 Å². The van der Waals surface area contributed by atoms with Crippen LogP contribution in [0.25, 0.3) is 11.4 Å². The standard InChI is InChI=1S/C27H27N5O5/c33-24-9-7-21(27-28-26(30-37-27)20-6-8-22-23(15-20)36-17-35-22)29-32(24)16-25(34)31-12-10-19(11-13-31)14-18-4-2-1-3-5-18/h1-6,8,15,19H,7,9-14,16-17H2. The first-order valence-corrected chi connectivity index (χ1v) is 12.6. The van der Waals surface area contributed by atoms with Gasteiger partial charge in [-0.3, -0.25) is 9.59 Å². The summed E-state index contributed by atoms with van der Waals surface area (Å²) in [5.41, 5.74) is 2.54. The number of fused-ring (bicyclic) bond motifs is 1. The van der Waals surface area contributed by atoms with E-state index in [4.69, 9.17) is 14.0 Å². The molecule has 1 aromatic heterocycles. The number of hydrogen-bond acceptors (Lipinski definition) is 8. The Hall–Kier alpha value is -4.21. The highest BCUT2D eigenvalue weighted by Crippen LogP contribution is 2.35. The number of ether oxygens (including phenoxy) is 2. The van der Waals surface area contributed by atoms with Crippen molar-refractivity contribution in [3.63, 3.8) is 0 Å². The second-order valence-corrected chi connectivity index (χ2v) is 9.50. The monoisotopic (exact) mass is 501 g/mol. The Bertz CT molecular complexity index is 1330. The van der Waals surface area contributed by atoms with Gasteiger partial charge in [0, 0.05) is 31.5 Å². The molecule has 6 rings (SSSR count). The van der Waals surface area contributed by atoms with Gasteiger partial charge in [0.2, 0.25) is 24.4 Å². The van der Waals surface area contributed by atoms with Gasteiger partial charge in [-0.05, 0) is 48.9 Å². The molecule has 0 unspecified atom stereocenters. The lowest BCUT2D eigenvalue weighted by Crippen LogP contribution is -2.45. The third kappa shape index (κ3) is 5.04. The SMILES string of the molecule is O=C(CN1N=C(c2nc(-c3ccc4c(c3)OCO4)no2)CCC1=O)N1CCC(Cc2ccccc2)CC1. The van der Waals surface area contributed by atoms with Crippen LogP contribution in [0, 0.1) is 5.92 Å². The Balaban J connectivity index is 1.08. The van der Waals surface area contributed by atoms with Gasteiger partial charge in [-0.25, -0.2) is 5.01 Å². The Kier molecular flexibility index (Phi) is 6.30. The normalized spacial score (nSPS) is 17.7. The number of rotatable bonds is 6. The largest absolute Gasteiger partial charge is 0.454 e. The van der Waals surface area contributed by atoms with Crippen LogP contribution in [-0.2, 0) is 16.0 Å². The van der Waals surface area contributed by atoms with Crippen LogP contribution in [0.3, 0.4) is 0 Å². The van der Waals surface area contributed by atoms with Crippen LogP contribution in [-0.4, -0.2) is 64.0 Å². The summed E-state index contributed by atoms with van der Waals surface area (Å²) >= 11 is 0. The smallest absolute Gasteiger partial charge is 0.274 e. The molecule has 0 bridgehead atoms. The fourth-order valence-corrected chi connectivity index (χ4v) is 4.93.